The summed E-state index contributed by atoms with van der Waals surface area (Å²) in [7, 11) is 0. The Balaban J connectivity index is 1.82. The molecular formula is C17H15BrF2N2O2. The quantitative estimate of drug-likeness (QED) is 0.762. The molecule has 2 aromatic carbocycles. The highest BCUT2D eigenvalue weighted by Gasteiger charge is 2.12. The number of halogens is 3. The van der Waals surface area contributed by atoms with Crippen molar-refractivity contribution < 1.29 is 18.4 Å². The maximum atomic E-state index is 13.6. The number of hydrogen-bond donors (Lipinski definition) is 2. The molecule has 4 nitrogen and oxygen atoms in total. The lowest BCUT2D eigenvalue weighted by Crippen LogP contribution is -2.35. The van der Waals surface area contributed by atoms with Gasteiger partial charge in [0.2, 0.25) is 0 Å². The molecule has 0 heterocycles. The van der Waals surface area contributed by atoms with Gasteiger partial charge in [-0.15, -0.1) is 0 Å². The topological polar surface area (TPSA) is 58.2 Å². The zero-order valence-corrected chi connectivity index (χ0v) is 14.4. The summed E-state index contributed by atoms with van der Waals surface area (Å²) in [5.74, 6) is -2.11. The Labute approximate surface area is 146 Å². The van der Waals surface area contributed by atoms with Crippen LogP contribution in [-0.2, 0) is 0 Å². The van der Waals surface area contributed by atoms with E-state index in [0.717, 1.165) is 6.07 Å². The van der Waals surface area contributed by atoms with Gasteiger partial charge in [-0.1, -0.05) is 22.0 Å². The molecule has 0 unspecified atom stereocenters. The van der Waals surface area contributed by atoms with Crippen molar-refractivity contribution in [3.63, 3.8) is 0 Å². The monoisotopic (exact) mass is 396 g/mol. The fourth-order valence-electron chi connectivity index (χ4n) is 1.96. The largest absolute Gasteiger partial charge is 0.350 e. The summed E-state index contributed by atoms with van der Waals surface area (Å²) in [5.41, 5.74) is 0.573. The first-order valence-corrected chi connectivity index (χ1v) is 7.95. The fraction of sp³-hybridized carbons (Fsp3) is 0.176. The van der Waals surface area contributed by atoms with Crippen molar-refractivity contribution in [2.24, 2.45) is 0 Å². The summed E-state index contributed by atoms with van der Waals surface area (Å²) in [4.78, 5) is 23.7. The van der Waals surface area contributed by atoms with Crippen LogP contribution in [0.15, 0.2) is 40.9 Å². The van der Waals surface area contributed by atoms with Crippen molar-refractivity contribution in [3.05, 3.63) is 69.2 Å². The smallest absolute Gasteiger partial charge is 0.254 e. The standard InChI is InChI=1S/C17H15BrF2N2O2/c1-10-2-3-11(8-14(10)19)16(23)21-6-7-22-17(24)13-5-4-12(18)9-15(13)20/h2-5,8-9H,6-7H2,1H3,(H,21,23)(H,22,24). The Morgan fingerprint density at radius 2 is 1.62 bits per heavy atom. The average Bonchev–Trinajstić information content (AvgIpc) is 2.53. The van der Waals surface area contributed by atoms with Crippen LogP contribution < -0.4 is 10.6 Å². The van der Waals surface area contributed by atoms with Gasteiger partial charge in [-0.05, 0) is 42.8 Å². The number of carbonyl (C=O) groups excluding carboxylic acids is 2. The SMILES string of the molecule is Cc1ccc(C(=O)NCCNC(=O)c2ccc(Br)cc2F)cc1F. The van der Waals surface area contributed by atoms with Crippen LogP contribution in [0.3, 0.4) is 0 Å². The summed E-state index contributed by atoms with van der Waals surface area (Å²) < 4.78 is 27.6. The maximum absolute atomic E-state index is 13.6. The lowest BCUT2D eigenvalue weighted by molar-refractivity contribution is 0.0925. The van der Waals surface area contributed by atoms with Gasteiger partial charge in [-0.25, -0.2) is 8.78 Å². The molecule has 0 radical (unpaired) electrons. The van der Waals surface area contributed by atoms with E-state index in [1.165, 1.54) is 24.3 Å². The third-order valence-electron chi connectivity index (χ3n) is 3.31. The molecule has 0 atom stereocenters. The molecular weight excluding hydrogens is 382 g/mol. The van der Waals surface area contributed by atoms with Gasteiger partial charge in [0.25, 0.3) is 11.8 Å². The molecule has 0 saturated heterocycles. The minimum atomic E-state index is -0.638. The molecule has 2 rings (SSSR count). The van der Waals surface area contributed by atoms with Crippen molar-refractivity contribution in [2.75, 3.05) is 13.1 Å². The molecule has 0 aliphatic rings. The van der Waals surface area contributed by atoms with Crippen molar-refractivity contribution in [1.82, 2.24) is 10.6 Å². The van der Waals surface area contributed by atoms with Crippen LogP contribution in [0.5, 0.6) is 0 Å². The first-order chi connectivity index (χ1) is 11.4. The second kappa shape index (κ2) is 8.01. The van der Waals surface area contributed by atoms with Crippen LogP contribution in [0.4, 0.5) is 8.78 Å². The van der Waals surface area contributed by atoms with E-state index in [-0.39, 0.29) is 24.2 Å². The molecule has 0 aromatic heterocycles. The van der Waals surface area contributed by atoms with Gasteiger partial charge >= 0.3 is 0 Å². The van der Waals surface area contributed by atoms with E-state index in [1.54, 1.807) is 13.0 Å². The average molecular weight is 397 g/mol. The van der Waals surface area contributed by atoms with Crippen LogP contribution in [0, 0.1) is 18.6 Å². The molecule has 0 spiro atoms. The molecule has 0 saturated carbocycles. The molecule has 0 fully saturated rings. The van der Waals surface area contributed by atoms with Crippen molar-refractivity contribution >= 4 is 27.7 Å². The number of nitrogens with one attached hydrogen (secondary N) is 2. The highest BCUT2D eigenvalue weighted by Crippen LogP contribution is 2.15. The summed E-state index contributed by atoms with van der Waals surface area (Å²) in [6.45, 7) is 1.86. The second-order valence-corrected chi connectivity index (χ2v) is 6.02. The number of benzene rings is 2. The molecule has 2 amide bonds. The highest BCUT2D eigenvalue weighted by atomic mass is 79.9. The predicted molar refractivity (Wildman–Crippen MR) is 89.9 cm³/mol. The molecule has 0 aliphatic carbocycles. The van der Waals surface area contributed by atoms with E-state index in [1.807, 2.05) is 0 Å². The van der Waals surface area contributed by atoms with Gasteiger partial charge in [0.05, 0.1) is 5.56 Å². The van der Waals surface area contributed by atoms with Crippen LogP contribution >= 0.6 is 15.9 Å². The van der Waals surface area contributed by atoms with Gasteiger partial charge < -0.3 is 10.6 Å². The lowest BCUT2D eigenvalue weighted by Gasteiger charge is -2.08. The number of aryl methyl sites for hydroxylation is 1. The van der Waals surface area contributed by atoms with Crippen molar-refractivity contribution in [3.8, 4) is 0 Å². The normalized spacial score (nSPS) is 10.3. The van der Waals surface area contributed by atoms with Gasteiger partial charge in [0, 0.05) is 23.1 Å². The molecule has 2 aromatic rings. The molecule has 7 heteroatoms. The minimum Gasteiger partial charge on any atom is -0.350 e. The number of rotatable bonds is 5. The van der Waals surface area contributed by atoms with E-state index in [2.05, 4.69) is 26.6 Å². The van der Waals surface area contributed by atoms with Gasteiger partial charge in [-0.3, -0.25) is 9.59 Å². The second-order valence-electron chi connectivity index (χ2n) is 5.10. The molecule has 126 valence electrons. The third kappa shape index (κ3) is 4.61. The predicted octanol–water partition coefficient (Wildman–Crippen LogP) is 3.20. The lowest BCUT2D eigenvalue weighted by atomic mass is 10.1. The number of hydrogen-bond acceptors (Lipinski definition) is 2. The maximum Gasteiger partial charge on any atom is 0.254 e. The van der Waals surface area contributed by atoms with Crippen LogP contribution in [0.1, 0.15) is 26.3 Å². The Morgan fingerprint density at radius 1 is 0.958 bits per heavy atom. The van der Waals surface area contributed by atoms with Crippen LogP contribution in [0.25, 0.3) is 0 Å². The number of amides is 2. The Morgan fingerprint density at radius 3 is 2.25 bits per heavy atom. The molecule has 2 N–H and O–H groups in total. The summed E-state index contributed by atoms with van der Waals surface area (Å²) >= 11 is 3.11. The van der Waals surface area contributed by atoms with Crippen molar-refractivity contribution in [2.45, 2.75) is 6.92 Å². The van der Waals surface area contributed by atoms with Gasteiger partial charge in [0.1, 0.15) is 11.6 Å². The summed E-state index contributed by atoms with van der Waals surface area (Å²) in [6, 6.07) is 8.31. The zero-order valence-electron chi connectivity index (χ0n) is 12.8. The Bertz CT molecular complexity index is 781. The van der Waals surface area contributed by atoms with Crippen LogP contribution in [-0.4, -0.2) is 24.9 Å². The van der Waals surface area contributed by atoms with E-state index >= 15 is 0 Å². The van der Waals surface area contributed by atoms with E-state index < -0.39 is 23.4 Å². The molecule has 24 heavy (non-hydrogen) atoms. The van der Waals surface area contributed by atoms with Crippen LogP contribution in [0.2, 0.25) is 0 Å². The van der Waals surface area contributed by atoms with E-state index in [4.69, 9.17) is 0 Å². The van der Waals surface area contributed by atoms with Crippen molar-refractivity contribution in [1.29, 1.82) is 0 Å². The molecule has 0 aliphatic heterocycles. The summed E-state index contributed by atoms with van der Waals surface area (Å²) in [5, 5.41) is 5.06. The third-order valence-corrected chi connectivity index (χ3v) is 3.80. The first kappa shape index (κ1) is 18.1. The summed E-state index contributed by atoms with van der Waals surface area (Å²) in [6.07, 6.45) is 0. The first-order valence-electron chi connectivity index (χ1n) is 7.16. The highest BCUT2D eigenvalue weighted by molar-refractivity contribution is 9.10. The van der Waals surface area contributed by atoms with Gasteiger partial charge in [0.15, 0.2) is 0 Å². The van der Waals surface area contributed by atoms with E-state index in [0.29, 0.717) is 10.0 Å². The zero-order chi connectivity index (χ0) is 17.7. The van der Waals surface area contributed by atoms with E-state index in [9.17, 15) is 18.4 Å². The molecule has 0 bridgehead atoms. The van der Waals surface area contributed by atoms with Gasteiger partial charge in [-0.2, -0.15) is 0 Å². The minimum absolute atomic E-state index is 0.0786. The fourth-order valence-corrected chi connectivity index (χ4v) is 2.29. The Hall–Kier alpha value is -2.28. The Kier molecular flexibility index (Phi) is 6.03. The number of carbonyl (C=O) groups is 2.